The van der Waals surface area contributed by atoms with Crippen molar-refractivity contribution in [3.05, 3.63) is 108 Å². The average molecular weight is 390 g/mol. The summed E-state index contributed by atoms with van der Waals surface area (Å²) < 4.78 is 17.2. The molecule has 0 aliphatic heterocycles. The molecule has 0 spiro atoms. The zero-order valence-corrected chi connectivity index (χ0v) is 16.3. The van der Waals surface area contributed by atoms with Gasteiger partial charge >= 0.3 is 8.41 Å². The highest BCUT2D eigenvalue weighted by Gasteiger charge is 2.43. The van der Waals surface area contributed by atoms with E-state index in [9.17, 15) is 0 Å². The third-order valence-corrected chi connectivity index (χ3v) is 8.29. The summed E-state index contributed by atoms with van der Waals surface area (Å²) in [6.45, 7) is 0. The standard InChI is InChI=1S/C23H17ClFNSi/c24-18-14-15-21(22-13-7-8-16-26-22)23(17-18)27(25,19-9-3-1-4-10-19)20-11-5-2-6-12-20/h1-17H. The number of benzene rings is 3. The Hall–Kier alpha value is -2.75. The first kappa shape index (κ1) is 17.7. The van der Waals surface area contributed by atoms with Gasteiger partial charge in [-0.15, -0.1) is 0 Å². The number of hydrogen-bond donors (Lipinski definition) is 0. The lowest BCUT2D eigenvalue weighted by Gasteiger charge is -2.26. The minimum atomic E-state index is -3.76. The summed E-state index contributed by atoms with van der Waals surface area (Å²) in [5.41, 5.74) is 1.52. The fourth-order valence-corrected chi connectivity index (χ4v) is 6.82. The molecule has 0 bridgehead atoms. The molecule has 3 aromatic carbocycles. The van der Waals surface area contributed by atoms with E-state index < -0.39 is 8.41 Å². The maximum absolute atomic E-state index is 17.2. The van der Waals surface area contributed by atoms with Gasteiger partial charge in [-0.1, -0.05) is 84.4 Å². The second kappa shape index (κ2) is 7.47. The number of rotatable bonds is 4. The van der Waals surface area contributed by atoms with Crippen LogP contribution >= 0.6 is 11.6 Å². The number of aromatic nitrogens is 1. The molecule has 0 saturated carbocycles. The molecule has 0 aliphatic rings. The van der Waals surface area contributed by atoms with Gasteiger partial charge in [0.15, 0.2) is 0 Å². The molecule has 0 fully saturated rings. The van der Waals surface area contributed by atoms with Crippen LogP contribution in [-0.4, -0.2) is 13.4 Å². The predicted molar refractivity (Wildman–Crippen MR) is 113 cm³/mol. The van der Waals surface area contributed by atoms with Crippen molar-refractivity contribution in [3.8, 4) is 11.3 Å². The number of halogens is 2. The summed E-state index contributed by atoms with van der Waals surface area (Å²) in [5, 5.41) is 2.52. The molecule has 0 radical (unpaired) electrons. The quantitative estimate of drug-likeness (QED) is 0.287. The van der Waals surface area contributed by atoms with Crippen molar-refractivity contribution in [2.45, 2.75) is 0 Å². The van der Waals surface area contributed by atoms with Gasteiger partial charge in [-0.2, -0.15) is 0 Å². The SMILES string of the molecule is F[Si](c1ccccc1)(c1ccccc1)c1cc(Cl)ccc1-c1ccccn1. The second-order valence-electron chi connectivity index (χ2n) is 6.30. The molecular weight excluding hydrogens is 373 g/mol. The van der Waals surface area contributed by atoms with Crippen molar-refractivity contribution in [2.24, 2.45) is 0 Å². The third kappa shape index (κ3) is 3.32. The molecule has 0 N–H and O–H groups in total. The Morgan fingerprint density at radius 3 is 1.85 bits per heavy atom. The van der Waals surface area contributed by atoms with Gasteiger partial charge in [0.05, 0.1) is 5.69 Å². The average Bonchev–Trinajstić information content (AvgIpc) is 2.75. The summed E-state index contributed by atoms with van der Waals surface area (Å²) in [4.78, 5) is 4.45. The molecule has 27 heavy (non-hydrogen) atoms. The highest BCUT2D eigenvalue weighted by atomic mass is 35.5. The maximum Gasteiger partial charge on any atom is 0.340 e. The largest absolute Gasteiger partial charge is 0.340 e. The molecule has 132 valence electrons. The molecule has 1 aromatic heterocycles. The zero-order chi connectivity index (χ0) is 18.7. The van der Waals surface area contributed by atoms with Gasteiger partial charge in [0.2, 0.25) is 0 Å². The summed E-state index contributed by atoms with van der Waals surface area (Å²) >= 11 is 6.32. The van der Waals surface area contributed by atoms with Crippen molar-refractivity contribution >= 4 is 35.6 Å². The van der Waals surface area contributed by atoms with Crippen LogP contribution in [0.25, 0.3) is 11.3 Å². The van der Waals surface area contributed by atoms with Crippen LogP contribution in [0.5, 0.6) is 0 Å². The van der Waals surface area contributed by atoms with E-state index in [2.05, 4.69) is 4.98 Å². The molecule has 4 heteroatoms. The molecule has 0 unspecified atom stereocenters. The van der Waals surface area contributed by atoms with E-state index in [0.717, 1.165) is 11.3 Å². The molecule has 1 heterocycles. The number of nitrogens with zero attached hydrogens (tertiary/aromatic N) is 1. The molecule has 0 aliphatic carbocycles. The first-order chi connectivity index (χ1) is 13.2. The minimum Gasteiger partial charge on any atom is -0.296 e. The fourth-order valence-electron chi connectivity index (χ4n) is 3.36. The van der Waals surface area contributed by atoms with Crippen LogP contribution < -0.4 is 15.6 Å². The van der Waals surface area contributed by atoms with E-state index in [0.29, 0.717) is 20.6 Å². The number of pyridine rings is 1. The van der Waals surface area contributed by atoms with Gasteiger partial charge in [-0.25, -0.2) is 0 Å². The van der Waals surface area contributed by atoms with Gasteiger partial charge in [0.1, 0.15) is 0 Å². The third-order valence-electron chi connectivity index (χ3n) is 4.64. The van der Waals surface area contributed by atoms with Crippen molar-refractivity contribution in [2.75, 3.05) is 0 Å². The first-order valence-corrected chi connectivity index (χ1v) is 11.0. The first-order valence-electron chi connectivity index (χ1n) is 8.71. The topological polar surface area (TPSA) is 12.9 Å². The van der Waals surface area contributed by atoms with Gasteiger partial charge < -0.3 is 0 Å². The maximum atomic E-state index is 17.2. The number of hydrogen-bond acceptors (Lipinski definition) is 1. The predicted octanol–water partition coefficient (Wildman–Crippen LogP) is 4.34. The lowest BCUT2D eigenvalue weighted by atomic mass is 10.1. The van der Waals surface area contributed by atoms with Gasteiger partial charge in [0.25, 0.3) is 0 Å². The lowest BCUT2D eigenvalue weighted by molar-refractivity contribution is 0.842. The van der Waals surface area contributed by atoms with E-state index in [1.54, 1.807) is 18.3 Å². The van der Waals surface area contributed by atoms with Crippen LogP contribution in [0.3, 0.4) is 0 Å². The van der Waals surface area contributed by atoms with Gasteiger partial charge in [-0.3, -0.25) is 9.09 Å². The molecule has 4 aromatic rings. The minimum absolute atomic E-state index is 0.520. The zero-order valence-electron chi connectivity index (χ0n) is 14.5. The summed E-state index contributed by atoms with van der Waals surface area (Å²) in [7, 11) is -3.76. The Morgan fingerprint density at radius 2 is 1.30 bits per heavy atom. The van der Waals surface area contributed by atoms with E-state index in [4.69, 9.17) is 11.6 Å². The molecular formula is C23H17ClFNSi. The monoisotopic (exact) mass is 389 g/mol. The van der Waals surface area contributed by atoms with Gasteiger partial charge in [-0.05, 0) is 39.8 Å². The summed E-state index contributed by atoms with van der Waals surface area (Å²) in [6, 6.07) is 29.9. The summed E-state index contributed by atoms with van der Waals surface area (Å²) in [6.07, 6.45) is 1.72. The van der Waals surface area contributed by atoms with E-state index in [-0.39, 0.29) is 0 Å². The van der Waals surface area contributed by atoms with Crippen LogP contribution in [0.1, 0.15) is 0 Å². The Bertz CT molecular complexity index is 1000. The molecule has 1 nitrogen and oxygen atoms in total. The van der Waals surface area contributed by atoms with Crippen LogP contribution in [-0.2, 0) is 0 Å². The van der Waals surface area contributed by atoms with Crippen molar-refractivity contribution in [1.29, 1.82) is 0 Å². The molecule has 0 saturated heterocycles. The summed E-state index contributed by atoms with van der Waals surface area (Å²) in [5.74, 6) is 0. The van der Waals surface area contributed by atoms with Crippen LogP contribution in [0, 0.1) is 0 Å². The van der Waals surface area contributed by atoms with Crippen LogP contribution in [0.15, 0.2) is 103 Å². The van der Waals surface area contributed by atoms with Gasteiger partial charge in [0, 0.05) is 16.8 Å². The molecule has 4 rings (SSSR count). The van der Waals surface area contributed by atoms with Crippen molar-refractivity contribution in [1.82, 2.24) is 4.98 Å². The Labute approximate surface area is 164 Å². The highest BCUT2D eigenvalue weighted by molar-refractivity contribution is 7.07. The Balaban J connectivity index is 2.04. The fraction of sp³-hybridized carbons (Fsp3) is 0. The van der Waals surface area contributed by atoms with E-state index >= 15 is 4.11 Å². The van der Waals surface area contributed by atoms with Crippen LogP contribution in [0.2, 0.25) is 5.02 Å². The Morgan fingerprint density at radius 1 is 0.704 bits per heavy atom. The van der Waals surface area contributed by atoms with E-state index in [1.165, 1.54) is 0 Å². The van der Waals surface area contributed by atoms with Crippen molar-refractivity contribution in [3.63, 3.8) is 0 Å². The smallest absolute Gasteiger partial charge is 0.296 e. The normalized spacial score (nSPS) is 11.3. The molecule has 0 amide bonds. The second-order valence-corrected chi connectivity index (χ2v) is 9.74. The van der Waals surface area contributed by atoms with Crippen LogP contribution in [0.4, 0.5) is 4.11 Å². The lowest BCUT2D eigenvalue weighted by Crippen LogP contribution is -2.64. The molecule has 0 atom stereocenters. The van der Waals surface area contributed by atoms with Crippen molar-refractivity contribution < 1.29 is 4.11 Å². The Kier molecular flexibility index (Phi) is 4.88. The highest BCUT2D eigenvalue weighted by Crippen LogP contribution is 2.22. The van der Waals surface area contributed by atoms with E-state index in [1.807, 2.05) is 84.9 Å².